The molecular formula is C16H19Cl2N3O3S. The quantitative estimate of drug-likeness (QED) is 0.727. The van der Waals surface area contributed by atoms with E-state index in [4.69, 9.17) is 28.2 Å². The summed E-state index contributed by atoms with van der Waals surface area (Å²) in [5.74, 6) is -1.47. The van der Waals surface area contributed by atoms with Crippen molar-refractivity contribution >= 4 is 47.2 Å². The van der Waals surface area contributed by atoms with E-state index in [1.165, 1.54) is 29.1 Å². The van der Waals surface area contributed by atoms with Crippen LogP contribution in [-0.4, -0.2) is 22.0 Å². The Morgan fingerprint density at radius 1 is 1.24 bits per heavy atom. The highest BCUT2D eigenvalue weighted by Crippen LogP contribution is 2.26. The molecule has 0 fully saturated rings. The molecule has 5 N–H and O–H groups in total. The first-order chi connectivity index (χ1) is 11.4. The first-order valence-electron chi connectivity index (χ1n) is 7.41. The highest BCUT2D eigenvalue weighted by atomic mass is 35.5. The van der Waals surface area contributed by atoms with E-state index in [1.807, 2.05) is 0 Å². The zero-order valence-corrected chi connectivity index (χ0v) is 15.7. The molecule has 0 saturated carbocycles. The number of aromatic nitrogens is 1. The van der Waals surface area contributed by atoms with Gasteiger partial charge in [-0.1, -0.05) is 29.8 Å². The molecule has 0 saturated heterocycles. The van der Waals surface area contributed by atoms with Crippen LogP contribution < -0.4 is 11.5 Å². The Morgan fingerprint density at radius 3 is 2.44 bits per heavy atom. The number of fused-ring (bicyclic) bond motifs is 1. The number of nitrogens with two attached hydrogens (primary N) is 2. The molecule has 1 aromatic heterocycles. The average Bonchev–Trinajstić information content (AvgIpc) is 2.99. The number of hydrogen-bond donors (Lipinski definition) is 3. The Balaban J connectivity index is 0.000000240. The van der Waals surface area contributed by atoms with Crippen molar-refractivity contribution in [3.8, 4) is 0 Å². The summed E-state index contributed by atoms with van der Waals surface area (Å²) in [7, 11) is 0. The van der Waals surface area contributed by atoms with E-state index in [0.29, 0.717) is 15.6 Å². The third kappa shape index (κ3) is 5.67. The standard InChI is InChI=1S/C8H8ClNO2.C8H10N2OS.ClH/c9-6-4-2-1-3-5(6)7(10)8(11)12;9-7(11)8-10-5-3-1-2-4-6(5)12-8;/h1-4,7H,10H2,(H,11,12);1-4H2,(H2,9,11);1H/t7-;;/m0../s1. The minimum atomic E-state index is -1.08. The number of nitrogens with zero attached hydrogens (tertiary/aromatic N) is 1. The molecule has 25 heavy (non-hydrogen) atoms. The summed E-state index contributed by atoms with van der Waals surface area (Å²) in [4.78, 5) is 26.7. The summed E-state index contributed by atoms with van der Waals surface area (Å²) in [6.45, 7) is 0. The van der Waals surface area contributed by atoms with Crippen molar-refractivity contribution in [2.24, 2.45) is 11.5 Å². The van der Waals surface area contributed by atoms with Crippen LogP contribution >= 0.6 is 35.3 Å². The van der Waals surface area contributed by atoms with Crippen molar-refractivity contribution in [2.75, 3.05) is 0 Å². The molecule has 1 heterocycles. The molecule has 0 unspecified atom stereocenters. The molecule has 1 aromatic carbocycles. The van der Waals surface area contributed by atoms with Gasteiger partial charge in [-0.2, -0.15) is 0 Å². The molecule has 0 spiro atoms. The van der Waals surface area contributed by atoms with Gasteiger partial charge in [-0.25, -0.2) is 4.98 Å². The number of rotatable bonds is 3. The molecule has 2 aromatic rings. The normalized spacial score (nSPS) is 13.5. The van der Waals surface area contributed by atoms with Gasteiger partial charge in [0.25, 0.3) is 5.91 Å². The Kier molecular flexibility index (Phi) is 8.31. The lowest BCUT2D eigenvalue weighted by molar-refractivity contribution is -0.138. The minimum absolute atomic E-state index is 0. The highest BCUT2D eigenvalue weighted by Gasteiger charge is 2.17. The van der Waals surface area contributed by atoms with Crippen molar-refractivity contribution in [1.82, 2.24) is 4.98 Å². The summed E-state index contributed by atoms with van der Waals surface area (Å²) >= 11 is 7.18. The lowest BCUT2D eigenvalue weighted by Crippen LogP contribution is -2.20. The smallest absolute Gasteiger partial charge is 0.325 e. The molecule has 9 heteroatoms. The van der Waals surface area contributed by atoms with Gasteiger partial charge < -0.3 is 16.6 Å². The second-order valence-electron chi connectivity index (χ2n) is 5.30. The van der Waals surface area contributed by atoms with Crippen LogP contribution in [0.3, 0.4) is 0 Å². The van der Waals surface area contributed by atoms with Crippen LogP contribution in [0.4, 0.5) is 0 Å². The number of carbonyl (C=O) groups excluding carboxylic acids is 1. The van der Waals surface area contributed by atoms with Crippen molar-refractivity contribution in [3.63, 3.8) is 0 Å². The van der Waals surface area contributed by atoms with Gasteiger partial charge in [0, 0.05) is 9.90 Å². The Labute approximate surface area is 160 Å². The van der Waals surface area contributed by atoms with Crippen LogP contribution in [0.25, 0.3) is 0 Å². The van der Waals surface area contributed by atoms with E-state index >= 15 is 0 Å². The molecule has 0 bridgehead atoms. The van der Waals surface area contributed by atoms with E-state index in [0.717, 1.165) is 18.5 Å². The molecule has 136 valence electrons. The summed E-state index contributed by atoms with van der Waals surface area (Å²) in [5.41, 5.74) is 12.0. The fourth-order valence-corrected chi connectivity index (χ4v) is 3.57. The lowest BCUT2D eigenvalue weighted by atomic mass is 10.0. The summed E-state index contributed by atoms with van der Waals surface area (Å²) in [6, 6.07) is 5.59. The van der Waals surface area contributed by atoms with Crippen molar-refractivity contribution in [1.29, 1.82) is 0 Å². The monoisotopic (exact) mass is 403 g/mol. The van der Waals surface area contributed by atoms with Crippen LogP contribution in [0.5, 0.6) is 0 Å². The van der Waals surface area contributed by atoms with Crippen molar-refractivity contribution in [2.45, 2.75) is 31.7 Å². The predicted octanol–water partition coefficient (Wildman–Crippen LogP) is 2.97. The molecule has 1 amide bonds. The number of carboxylic acids is 1. The molecule has 1 aliphatic carbocycles. The summed E-state index contributed by atoms with van der Waals surface area (Å²) in [6.07, 6.45) is 4.49. The third-order valence-electron chi connectivity index (χ3n) is 3.56. The van der Waals surface area contributed by atoms with Crippen LogP contribution in [0.1, 0.15) is 44.8 Å². The molecule has 0 aliphatic heterocycles. The third-order valence-corrected chi connectivity index (χ3v) is 5.08. The Morgan fingerprint density at radius 2 is 1.88 bits per heavy atom. The van der Waals surface area contributed by atoms with E-state index in [-0.39, 0.29) is 12.4 Å². The molecule has 1 atom stereocenters. The zero-order chi connectivity index (χ0) is 17.7. The zero-order valence-electron chi connectivity index (χ0n) is 13.3. The van der Waals surface area contributed by atoms with Gasteiger partial charge in [-0.3, -0.25) is 9.59 Å². The fourth-order valence-electron chi connectivity index (χ4n) is 2.32. The van der Waals surface area contributed by atoms with Crippen LogP contribution in [-0.2, 0) is 17.6 Å². The van der Waals surface area contributed by atoms with Gasteiger partial charge >= 0.3 is 5.97 Å². The highest BCUT2D eigenvalue weighted by molar-refractivity contribution is 7.13. The van der Waals surface area contributed by atoms with Crippen molar-refractivity contribution in [3.05, 3.63) is 50.4 Å². The van der Waals surface area contributed by atoms with Crippen LogP contribution in [0.15, 0.2) is 24.3 Å². The van der Waals surface area contributed by atoms with Gasteiger partial charge in [-0.15, -0.1) is 23.7 Å². The molecular weight excluding hydrogens is 385 g/mol. The number of aryl methyl sites for hydroxylation is 2. The maximum atomic E-state index is 10.8. The lowest BCUT2D eigenvalue weighted by Gasteiger charge is -2.07. The number of benzene rings is 1. The predicted molar refractivity (Wildman–Crippen MR) is 101 cm³/mol. The van der Waals surface area contributed by atoms with E-state index in [9.17, 15) is 9.59 Å². The number of primary amides is 1. The Hall–Kier alpha value is -1.67. The Bertz CT molecular complexity index is 728. The molecule has 6 nitrogen and oxygen atoms in total. The number of halogens is 2. The number of carbonyl (C=O) groups is 2. The van der Waals surface area contributed by atoms with Gasteiger partial charge in [0.05, 0.1) is 5.69 Å². The van der Waals surface area contributed by atoms with Crippen LogP contribution in [0, 0.1) is 0 Å². The first-order valence-corrected chi connectivity index (χ1v) is 8.60. The average molecular weight is 404 g/mol. The number of amides is 1. The minimum Gasteiger partial charge on any atom is -0.480 e. The van der Waals surface area contributed by atoms with Gasteiger partial charge in [0.1, 0.15) is 6.04 Å². The molecule has 1 aliphatic rings. The second kappa shape index (κ2) is 9.72. The topological polar surface area (TPSA) is 119 Å². The first kappa shape index (κ1) is 21.4. The molecule has 3 rings (SSSR count). The van der Waals surface area contributed by atoms with E-state index in [2.05, 4.69) is 4.98 Å². The van der Waals surface area contributed by atoms with E-state index in [1.54, 1.807) is 24.3 Å². The van der Waals surface area contributed by atoms with Crippen molar-refractivity contribution < 1.29 is 14.7 Å². The number of thiazole rings is 1. The summed E-state index contributed by atoms with van der Waals surface area (Å²) in [5, 5.41) is 9.43. The second-order valence-corrected chi connectivity index (χ2v) is 6.79. The largest absolute Gasteiger partial charge is 0.480 e. The van der Waals surface area contributed by atoms with Gasteiger partial charge in [-0.05, 0) is 37.3 Å². The van der Waals surface area contributed by atoms with Gasteiger partial charge in [0.2, 0.25) is 0 Å². The molecule has 0 radical (unpaired) electrons. The number of carboxylic acid groups (broad SMARTS) is 1. The number of aliphatic carboxylic acids is 1. The summed E-state index contributed by atoms with van der Waals surface area (Å²) < 4.78 is 0. The van der Waals surface area contributed by atoms with E-state index < -0.39 is 17.9 Å². The van der Waals surface area contributed by atoms with Gasteiger partial charge in [0.15, 0.2) is 5.01 Å². The fraction of sp³-hybridized carbons (Fsp3) is 0.312. The SMILES string of the molecule is Cl.NC(=O)c1nc2c(s1)CCCC2.N[C@H](C(=O)O)c1ccccc1Cl. The van der Waals surface area contributed by atoms with Crippen LogP contribution in [0.2, 0.25) is 5.02 Å². The number of hydrogen-bond acceptors (Lipinski definition) is 5. The maximum Gasteiger partial charge on any atom is 0.325 e. The maximum absolute atomic E-state index is 10.8.